The Balaban J connectivity index is 1.83. The molecule has 0 atom stereocenters. The van der Waals surface area contributed by atoms with E-state index < -0.39 is 5.97 Å². The Kier molecular flexibility index (Phi) is 4.80. The van der Waals surface area contributed by atoms with Gasteiger partial charge < -0.3 is 15.3 Å². The number of anilines is 1. The molecule has 0 aromatic heterocycles. The number of nitrogens with one attached hydrogen (secondary N) is 1. The first-order valence-electron chi connectivity index (χ1n) is 6.92. The molecule has 0 aliphatic carbocycles. The molecule has 1 aliphatic heterocycles. The van der Waals surface area contributed by atoms with Crippen LogP contribution in [-0.2, 0) is 17.8 Å². The maximum Gasteiger partial charge on any atom is 0.303 e. The van der Waals surface area contributed by atoms with Gasteiger partial charge in [0.1, 0.15) is 0 Å². The van der Waals surface area contributed by atoms with Crippen molar-refractivity contribution in [3.8, 4) is 0 Å². The van der Waals surface area contributed by atoms with Crippen LogP contribution in [0.5, 0.6) is 0 Å². The summed E-state index contributed by atoms with van der Waals surface area (Å²) in [5.74, 6) is -0.724. The van der Waals surface area contributed by atoms with Gasteiger partial charge in [0, 0.05) is 32.2 Å². The summed E-state index contributed by atoms with van der Waals surface area (Å²) in [4.78, 5) is 12.7. The van der Waals surface area contributed by atoms with Crippen molar-refractivity contribution in [2.24, 2.45) is 0 Å². The molecular formula is C15H22N2O2. The highest BCUT2D eigenvalue weighted by molar-refractivity contribution is 5.66. The van der Waals surface area contributed by atoms with Crippen molar-refractivity contribution in [3.63, 3.8) is 0 Å². The van der Waals surface area contributed by atoms with Gasteiger partial charge >= 0.3 is 5.97 Å². The van der Waals surface area contributed by atoms with E-state index in [4.69, 9.17) is 5.11 Å². The molecule has 0 saturated heterocycles. The lowest BCUT2D eigenvalue weighted by Gasteiger charge is -2.27. The standard InChI is InChI=1S/C15H22N2O2/c1-17-9-3-4-13-10-12(6-7-14(13)17)11-16-8-2-5-15(18)19/h6-7,10,16H,2-5,8-9,11H2,1H3,(H,18,19). The van der Waals surface area contributed by atoms with Gasteiger partial charge in [-0.15, -0.1) is 0 Å². The van der Waals surface area contributed by atoms with E-state index in [1.165, 1.54) is 23.2 Å². The summed E-state index contributed by atoms with van der Waals surface area (Å²) in [6.45, 7) is 2.71. The van der Waals surface area contributed by atoms with Crippen LogP contribution in [0, 0.1) is 0 Å². The summed E-state index contributed by atoms with van der Waals surface area (Å²) in [6.07, 6.45) is 3.30. The number of carboxylic acids is 1. The molecule has 0 spiro atoms. The van der Waals surface area contributed by atoms with E-state index in [1.54, 1.807) is 0 Å². The fourth-order valence-corrected chi connectivity index (χ4v) is 2.55. The van der Waals surface area contributed by atoms with Gasteiger partial charge in [0.25, 0.3) is 0 Å². The molecule has 19 heavy (non-hydrogen) atoms. The third-order valence-corrected chi connectivity index (χ3v) is 3.57. The highest BCUT2D eigenvalue weighted by Gasteiger charge is 2.13. The van der Waals surface area contributed by atoms with E-state index in [0.29, 0.717) is 6.42 Å². The maximum absolute atomic E-state index is 10.4. The number of carbonyl (C=O) groups is 1. The molecule has 4 heteroatoms. The highest BCUT2D eigenvalue weighted by atomic mass is 16.4. The lowest BCUT2D eigenvalue weighted by molar-refractivity contribution is -0.137. The van der Waals surface area contributed by atoms with Crippen molar-refractivity contribution in [3.05, 3.63) is 29.3 Å². The topological polar surface area (TPSA) is 52.6 Å². The van der Waals surface area contributed by atoms with Gasteiger partial charge in [0.05, 0.1) is 0 Å². The molecule has 0 bridgehead atoms. The van der Waals surface area contributed by atoms with Crippen LogP contribution in [0.2, 0.25) is 0 Å². The van der Waals surface area contributed by atoms with Crippen LogP contribution in [0.15, 0.2) is 18.2 Å². The first-order chi connectivity index (χ1) is 9.16. The summed E-state index contributed by atoms with van der Waals surface area (Å²) in [6, 6.07) is 6.63. The molecule has 2 rings (SSSR count). The predicted octanol–water partition coefficient (Wildman–Crippen LogP) is 2.02. The first-order valence-corrected chi connectivity index (χ1v) is 6.92. The van der Waals surface area contributed by atoms with Gasteiger partial charge in [-0.1, -0.05) is 12.1 Å². The summed E-state index contributed by atoms with van der Waals surface area (Å²) >= 11 is 0. The summed E-state index contributed by atoms with van der Waals surface area (Å²) in [5.41, 5.74) is 4.06. The van der Waals surface area contributed by atoms with Gasteiger partial charge in [-0.05, 0) is 43.0 Å². The van der Waals surface area contributed by atoms with Gasteiger partial charge in [-0.2, -0.15) is 0 Å². The average Bonchev–Trinajstić information content (AvgIpc) is 2.38. The lowest BCUT2D eigenvalue weighted by Crippen LogP contribution is -2.25. The zero-order valence-electron chi connectivity index (χ0n) is 11.5. The highest BCUT2D eigenvalue weighted by Crippen LogP contribution is 2.26. The molecule has 1 heterocycles. The molecule has 2 N–H and O–H groups in total. The normalized spacial score (nSPS) is 14.3. The average molecular weight is 262 g/mol. The van der Waals surface area contributed by atoms with Crippen molar-refractivity contribution >= 4 is 11.7 Å². The second-order valence-electron chi connectivity index (χ2n) is 5.16. The molecule has 1 aromatic rings. The first kappa shape index (κ1) is 13.9. The smallest absolute Gasteiger partial charge is 0.303 e. The van der Waals surface area contributed by atoms with Crippen LogP contribution >= 0.6 is 0 Å². The van der Waals surface area contributed by atoms with E-state index in [0.717, 1.165) is 26.1 Å². The second kappa shape index (κ2) is 6.57. The third-order valence-electron chi connectivity index (χ3n) is 3.57. The molecule has 4 nitrogen and oxygen atoms in total. The van der Waals surface area contributed by atoms with Gasteiger partial charge in [-0.25, -0.2) is 0 Å². The van der Waals surface area contributed by atoms with Gasteiger partial charge in [0.15, 0.2) is 0 Å². The van der Waals surface area contributed by atoms with Crippen molar-refractivity contribution in [2.45, 2.75) is 32.2 Å². The van der Waals surface area contributed by atoms with Crippen LogP contribution < -0.4 is 10.2 Å². The SMILES string of the molecule is CN1CCCc2cc(CNCCCC(=O)O)ccc21. The number of aryl methyl sites for hydroxylation is 1. The number of carboxylic acid groups (broad SMARTS) is 1. The quantitative estimate of drug-likeness (QED) is 0.770. The van der Waals surface area contributed by atoms with Gasteiger partial charge in [-0.3, -0.25) is 4.79 Å². The van der Waals surface area contributed by atoms with Crippen LogP contribution in [0.4, 0.5) is 5.69 Å². The summed E-state index contributed by atoms with van der Waals surface area (Å²) < 4.78 is 0. The maximum atomic E-state index is 10.4. The van der Waals surface area contributed by atoms with Crippen molar-refractivity contribution < 1.29 is 9.90 Å². The Morgan fingerprint density at radius 2 is 2.32 bits per heavy atom. The molecule has 0 unspecified atom stereocenters. The van der Waals surface area contributed by atoms with E-state index >= 15 is 0 Å². The van der Waals surface area contributed by atoms with Crippen molar-refractivity contribution in [1.29, 1.82) is 0 Å². The zero-order chi connectivity index (χ0) is 13.7. The molecular weight excluding hydrogens is 240 g/mol. The van der Waals surface area contributed by atoms with Crippen LogP contribution in [-0.4, -0.2) is 31.2 Å². The molecule has 0 saturated carbocycles. The molecule has 0 radical (unpaired) electrons. The fourth-order valence-electron chi connectivity index (χ4n) is 2.55. The van der Waals surface area contributed by atoms with Crippen LogP contribution in [0.3, 0.4) is 0 Å². The minimum atomic E-state index is -0.724. The van der Waals surface area contributed by atoms with E-state index in [2.05, 4.69) is 35.5 Å². The number of nitrogens with zero attached hydrogens (tertiary/aromatic N) is 1. The molecule has 0 fully saturated rings. The van der Waals surface area contributed by atoms with E-state index in [1.807, 2.05) is 0 Å². The van der Waals surface area contributed by atoms with Gasteiger partial charge in [0.2, 0.25) is 0 Å². The Labute approximate surface area is 114 Å². The van der Waals surface area contributed by atoms with E-state index in [-0.39, 0.29) is 6.42 Å². The van der Waals surface area contributed by atoms with E-state index in [9.17, 15) is 4.79 Å². The number of hydrogen-bond acceptors (Lipinski definition) is 3. The monoisotopic (exact) mass is 262 g/mol. The minimum absolute atomic E-state index is 0.238. The third kappa shape index (κ3) is 3.96. The Morgan fingerprint density at radius 3 is 3.11 bits per heavy atom. The summed E-state index contributed by atoms with van der Waals surface area (Å²) in [5, 5.41) is 11.9. The van der Waals surface area contributed by atoms with Crippen molar-refractivity contribution in [2.75, 3.05) is 25.0 Å². The fraction of sp³-hybridized carbons (Fsp3) is 0.533. The predicted molar refractivity (Wildman–Crippen MR) is 76.6 cm³/mol. The number of hydrogen-bond donors (Lipinski definition) is 2. The Hall–Kier alpha value is -1.55. The minimum Gasteiger partial charge on any atom is -0.481 e. The van der Waals surface area contributed by atoms with Crippen molar-refractivity contribution in [1.82, 2.24) is 5.32 Å². The largest absolute Gasteiger partial charge is 0.481 e. The molecule has 0 amide bonds. The number of aliphatic carboxylic acids is 1. The second-order valence-corrected chi connectivity index (χ2v) is 5.16. The number of benzene rings is 1. The lowest BCUT2D eigenvalue weighted by atomic mass is 9.99. The Bertz CT molecular complexity index is 446. The summed E-state index contributed by atoms with van der Waals surface area (Å²) in [7, 11) is 2.14. The Morgan fingerprint density at radius 1 is 1.47 bits per heavy atom. The van der Waals surface area contributed by atoms with Crippen LogP contribution in [0.25, 0.3) is 0 Å². The number of rotatable bonds is 6. The molecule has 1 aliphatic rings. The zero-order valence-corrected chi connectivity index (χ0v) is 11.5. The molecule has 1 aromatic carbocycles. The molecule has 104 valence electrons. The number of fused-ring (bicyclic) bond motifs is 1. The van der Waals surface area contributed by atoms with Crippen LogP contribution in [0.1, 0.15) is 30.4 Å².